The minimum absolute atomic E-state index is 0.0554. The van der Waals surface area contributed by atoms with Crippen molar-refractivity contribution in [3.8, 4) is 5.75 Å². The number of hydrogen-bond acceptors (Lipinski definition) is 3. The number of aromatic nitrogens is 1. The maximum Gasteiger partial charge on any atom is 0.257 e. The zero-order valence-electron chi connectivity index (χ0n) is 12.8. The summed E-state index contributed by atoms with van der Waals surface area (Å²) < 4.78 is 13.7. The fourth-order valence-corrected chi connectivity index (χ4v) is 2.59. The first-order valence-corrected chi connectivity index (χ1v) is 7.37. The molecule has 0 spiro atoms. The Balaban J connectivity index is 1.94. The van der Waals surface area contributed by atoms with Crippen LogP contribution in [-0.2, 0) is 0 Å². The van der Waals surface area contributed by atoms with Crippen LogP contribution in [0.25, 0.3) is 10.9 Å². The predicted molar refractivity (Wildman–Crippen MR) is 88.5 cm³/mol. The molecule has 1 heterocycles. The fourth-order valence-electron chi connectivity index (χ4n) is 2.59. The van der Waals surface area contributed by atoms with Gasteiger partial charge >= 0.3 is 0 Å². The number of carbonyl (C=O) groups is 1. The van der Waals surface area contributed by atoms with E-state index in [0.717, 1.165) is 0 Å². The molecule has 0 fully saturated rings. The lowest BCUT2D eigenvalue weighted by molar-refractivity contribution is 0.0938. The van der Waals surface area contributed by atoms with Gasteiger partial charge in [-0.05, 0) is 25.1 Å². The molecular formula is C18H15FN2O3. The SMILES string of the molecule is C[C@H](NC(=O)c1c[nH]c2c(F)cccc2c1=O)c1ccccc1O. The van der Waals surface area contributed by atoms with Crippen LogP contribution in [0, 0.1) is 5.82 Å². The van der Waals surface area contributed by atoms with E-state index in [9.17, 15) is 19.1 Å². The van der Waals surface area contributed by atoms with Crippen molar-refractivity contribution in [1.29, 1.82) is 0 Å². The predicted octanol–water partition coefficient (Wildman–Crippen LogP) is 2.86. The van der Waals surface area contributed by atoms with Crippen LogP contribution in [0.2, 0.25) is 0 Å². The number of carbonyl (C=O) groups excluding carboxylic acids is 1. The Hall–Kier alpha value is -3.15. The van der Waals surface area contributed by atoms with Crippen LogP contribution in [0.4, 0.5) is 4.39 Å². The maximum atomic E-state index is 13.7. The number of aromatic amines is 1. The molecule has 0 bridgehead atoms. The Morgan fingerprint density at radius 1 is 1.21 bits per heavy atom. The normalized spacial score (nSPS) is 12.1. The lowest BCUT2D eigenvalue weighted by Gasteiger charge is -2.15. The molecule has 6 heteroatoms. The topological polar surface area (TPSA) is 82.2 Å². The van der Waals surface area contributed by atoms with Gasteiger partial charge in [0, 0.05) is 17.1 Å². The van der Waals surface area contributed by atoms with E-state index in [-0.39, 0.29) is 22.2 Å². The second kappa shape index (κ2) is 6.16. The summed E-state index contributed by atoms with van der Waals surface area (Å²) in [5, 5.41) is 12.6. The minimum atomic E-state index is -0.599. The van der Waals surface area contributed by atoms with Crippen molar-refractivity contribution in [2.45, 2.75) is 13.0 Å². The summed E-state index contributed by atoms with van der Waals surface area (Å²) in [7, 11) is 0. The van der Waals surface area contributed by atoms with Crippen molar-refractivity contribution < 1.29 is 14.3 Å². The van der Waals surface area contributed by atoms with Crippen molar-refractivity contribution >= 4 is 16.8 Å². The molecule has 1 amide bonds. The van der Waals surface area contributed by atoms with Gasteiger partial charge in [0.25, 0.3) is 5.91 Å². The molecule has 0 saturated heterocycles. The molecule has 1 aromatic heterocycles. The molecule has 0 aliphatic rings. The number of halogens is 1. The van der Waals surface area contributed by atoms with Crippen LogP contribution >= 0.6 is 0 Å². The summed E-state index contributed by atoms with van der Waals surface area (Å²) in [5.41, 5.74) is -0.0671. The number of pyridine rings is 1. The summed E-state index contributed by atoms with van der Waals surface area (Å²) in [5.74, 6) is -1.10. The van der Waals surface area contributed by atoms with Gasteiger partial charge in [-0.25, -0.2) is 4.39 Å². The van der Waals surface area contributed by atoms with Crippen LogP contribution in [0.15, 0.2) is 53.5 Å². The summed E-state index contributed by atoms with van der Waals surface area (Å²) in [6, 6.07) is 10.2. The number of para-hydroxylation sites is 2. The number of H-pyrrole nitrogens is 1. The number of phenols is 1. The second-order valence-electron chi connectivity index (χ2n) is 5.45. The number of phenolic OH excluding ortho intramolecular Hbond substituents is 1. The van der Waals surface area contributed by atoms with Crippen LogP contribution in [0.1, 0.15) is 28.9 Å². The first-order chi connectivity index (χ1) is 11.5. The van der Waals surface area contributed by atoms with Gasteiger partial charge < -0.3 is 15.4 Å². The fraction of sp³-hybridized carbons (Fsp3) is 0.111. The highest BCUT2D eigenvalue weighted by atomic mass is 19.1. The minimum Gasteiger partial charge on any atom is -0.508 e. The average Bonchev–Trinajstić information content (AvgIpc) is 2.56. The third-order valence-electron chi connectivity index (χ3n) is 3.86. The van der Waals surface area contributed by atoms with Crippen LogP contribution in [0.5, 0.6) is 5.75 Å². The number of nitrogens with one attached hydrogen (secondary N) is 2. The molecule has 0 radical (unpaired) electrons. The van der Waals surface area contributed by atoms with Crippen molar-refractivity contribution in [3.05, 3.63) is 75.8 Å². The van der Waals surface area contributed by atoms with Gasteiger partial charge in [0.2, 0.25) is 5.43 Å². The van der Waals surface area contributed by atoms with Gasteiger partial charge in [0.05, 0.1) is 11.6 Å². The van der Waals surface area contributed by atoms with Crippen molar-refractivity contribution in [1.82, 2.24) is 10.3 Å². The molecule has 2 aromatic carbocycles. The van der Waals surface area contributed by atoms with E-state index in [0.29, 0.717) is 5.56 Å². The number of aromatic hydroxyl groups is 1. The molecule has 0 aliphatic heterocycles. The molecule has 1 atom stereocenters. The van der Waals surface area contributed by atoms with Crippen molar-refractivity contribution in [3.63, 3.8) is 0 Å². The van der Waals surface area contributed by atoms with Gasteiger partial charge in [0.1, 0.15) is 17.1 Å². The standard InChI is InChI=1S/C18H15FN2O3/c1-10(11-5-2-3-8-15(11)22)21-18(24)13-9-20-16-12(17(13)23)6-4-7-14(16)19/h2-10,22H,1H3,(H,20,23)(H,21,24)/t10-/m0/s1. The van der Waals surface area contributed by atoms with Crippen LogP contribution in [0.3, 0.4) is 0 Å². The summed E-state index contributed by atoms with van der Waals surface area (Å²) >= 11 is 0. The van der Waals surface area contributed by atoms with Crippen LogP contribution in [-0.4, -0.2) is 16.0 Å². The zero-order chi connectivity index (χ0) is 17.3. The maximum absolute atomic E-state index is 13.7. The Kier molecular flexibility index (Phi) is 4.04. The molecule has 0 saturated carbocycles. The first kappa shape index (κ1) is 15.7. The van der Waals surface area contributed by atoms with Crippen LogP contribution < -0.4 is 10.7 Å². The third-order valence-corrected chi connectivity index (χ3v) is 3.86. The number of hydrogen-bond donors (Lipinski definition) is 3. The van der Waals surface area contributed by atoms with E-state index in [4.69, 9.17) is 0 Å². The molecule has 0 unspecified atom stereocenters. The molecule has 5 nitrogen and oxygen atoms in total. The molecule has 3 aromatic rings. The third kappa shape index (κ3) is 2.74. The Bertz CT molecular complexity index is 981. The van der Waals surface area contributed by atoms with E-state index >= 15 is 0 Å². The number of rotatable bonds is 3. The average molecular weight is 326 g/mol. The van der Waals surface area contributed by atoms with E-state index in [1.807, 2.05) is 0 Å². The van der Waals surface area contributed by atoms with E-state index in [2.05, 4.69) is 10.3 Å². The molecule has 24 heavy (non-hydrogen) atoms. The highest BCUT2D eigenvalue weighted by Crippen LogP contribution is 2.23. The van der Waals surface area contributed by atoms with E-state index < -0.39 is 23.2 Å². The Morgan fingerprint density at radius 2 is 1.96 bits per heavy atom. The Morgan fingerprint density at radius 3 is 2.71 bits per heavy atom. The quantitative estimate of drug-likeness (QED) is 0.692. The highest BCUT2D eigenvalue weighted by molar-refractivity contribution is 5.97. The molecule has 3 rings (SSSR count). The van der Waals surface area contributed by atoms with Gasteiger partial charge in [-0.15, -0.1) is 0 Å². The highest BCUT2D eigenvalue weighted by Gasteiger charge is 2.18. The number of benzene rings is 2. The summed E-state index contributed by atoms with van der Waals surface area (Å²) in [6.45, 7) is 1.70. The van der Waals surface area contributed by atoms with E-state index in [1.54, 1.807) is 25.1 Å². The number of amides is 1. The first-order valence-electron chi connectivity index (χ1n) is 7.37. The smallest absolute Gasteiger partial charge is 0.257 e. The lowest BCUT2D eigenvalue weighted by Crippen LogP contribution is -2.31. The van der Waals surface area contributed by atoms with Gasteiger partial charge in [-0.3, -0.25) is 9.59 Å². The van der Waals surface area contributed by atoms with E-state index in [1.165, 1.54) is 30.5 Å². The summed E-state index contributed by atoms with van der Waals surface area (Å²) in [6.07, 6.45) is 1.20. The summed E-state index contributed by atoms with van der Waals surface area (Å²) in [4.78, 5) is 27.4. The zero-order valence-corrected chi connectivity index (χ0v) is 12.8. The largest absolute Gasteiger partial charge is 0.508 e. The molecular weight excluding hydrogens is 311 g/mol. The number of fused-ring (bicyclic) bond motifs is 1. The Labute approximate surface area is 136 Å². The van der Waals surface area contributed by atoms with Gasteiger partial charge in [-0.2, -0.15) is 0 Å². The van der Waals surface area contributed by atoms with Gasteiger partial charge in [0.15, 0.2) is 0 Å². The van der Waals surface area contributed by atoms with Gasteiger partial charge in [-0.1, -0.05) is 24.3 Å². The van der Waals surface area contributed by atoms with Crippen molar-refractivity contribution in [2.24, 2.45) is 0 Å². The molecule has 3 N–H and O–H groups in total. The molecule has 0 aliphatic carbocycles. The lowest BCUT2D eigenvalue weighted by atomic mass is 10.1. The monoisotopic (exact) mass is 326 g/mol. The second-order valence-corrected chi connectivity index (χ2v) is 5.45. The molecule has 122 valence electrons. The van der Waals surface area contributed by atoms with Crippen molar-refractivity contribution in [2.75, 3.05) is 0 Å².